The van der Waals surface area contributed by atoms with Gasteiger partial charge in [-0.1, -0.05) is 220 Å². The topological polar surface area (TPSA) is 16.4 Å². The number of hydrogen-bond acceptors (Lipinski definition) is 2. The molecule has 0 aliphatic heterocycles. The van der Waals surface area contributed by atoms with Gasteiger partial charge in [0.1, 0.15) is 11.2 Å². The molecule has 2 nitrogen and oxygen atoms in total. The number of fused-ring (bicyclic) bond motifs is 11. The molecule has 0 saturated heterocycles. The molecule has 2 aliphatic carbocycles. The maximum Gasteiger partial charge on any atom is 0.143 e. The third-order valence-corrected chi connectivity index (χ3v) is 15.5. The van der Waals surface area contributed by atoms with Gasteiger partial charge in [0.05, 0.1) is 16.5 Å². The summed E-state index contributed by atoms with van der Waals surface area (Å²) in [6.45, 7) is 4.75. The van der Waals surface area contributed by atoms with E-state index in [9.17, 15) is 0 Å². The molecule has 0 bridgehead atoms. The van der Waals surface area contributed by atoms with Gasteiger partial charge in [0.2, 0.25) is 0 Å². The first kappa shape index (κ1) is 40.4. The maximum absolute atomic E-state index is 7.20. The normalized spacial score (nSPS) is 13.8. The SMILES string of the molecule is CC1(C)c2ccccc2-c2ccc(N(c3ccc4c(c3)C(c3ccccc3)(c3ccccc3)c3ccccc3-4)c3c(-c4ccccc4)ccc4oc5c6ccccc6c(-c6ccccc6)cc5c34)cc21. The number of rotatable bonds is 7. The second-order valence-electron chi connectivity index (χ2n) is 19.5. The van der Waals surface area contributed by atoms with E-state index < -0.39 is 5.41 Å². The van der Waals surface area contributed by atoms with E-state index in [0.717, 1.165) is 55.5 Å². The fourth-order valence-corrected chi connectivity index (χ4v) is 12.4. The first-order chi connectivity index (χ1) is 34.5. The van der Waals surface area contributed by atoms with Gasteiger partial charge >= 0.3 is 0 Å². The third kappa shape index (κ3) is 5.74. The van der Waals surface area contributed by atoms with Crippen LogP contribution in [0.2, 0.25) is 0 Å². The molecule has 12 aromatic rings. The van der Waals surface area contributed by atoms with Crippen LogP contribution in [0.3, 0.4) is 0 Å². The summed E-state index contributed by atoms with van der Waals surface area (Å²) in [6, 6.07) is 91.9. The summed E-state index contributed by atoms with van der Waals surface area (Å²) in [5.41, 5.74) is 21.5. The van der Waals surface area contributed by atoms with Crippen LogP contribution >= 0.6 is 0 Å². The fraction of sp³-hybridized carbons (Fsp3) is 0.0588. The lowest BCUT2D eigenvalue weighted by molar-refractivity contribution is 0.660. The van der Waals surface area contributed by atoms with Gasteiger partial charge in [-0.2, -0.15) is 0 Å². The number of hydrogen-bond donors (Lipinski definition) is 0. The van der Waals surface area contributed by atoms with Gasteiger partial charge < -0.3 is 9.32 Å². The van der Waals surface area contributed by atoms with Gasteiger partial charge in [-0.25, -0.2) is 0 Å². The van der Waals surface area contributed by atoms with Crippen molar-refractivity contribution in [1.29, 1.82) is 0 Å². The summed E-state index contributed by atoms with van der Waals surface area (Å²) in [6.07, 6.45) is 0. The number of furan rings is 1. The van der Waals surface area contributed by atoms with Crippen molar-refractivity contribution in [2.75, 3.05) is 4.90 Å². The summed E-state index contributed by atoms with van der Waals surface area (Å²) in [5, 5.41) is 4.41. The Balaban J connectivity index is 1.13. The Morgan fingerprint density at radius 2 is 0.814 bits per heavy atom. The highest BCUT2D eigenvalue weighted by Gasteiger charge is 2.46. The highest BCUT2D eigenvalue weighted by molar-refractivity contribution is 6.24. The molecule has 0 fully saturated rings. The van der Waals surface area contributed by atoms with E-state index in [4.69, 9.17) is 4.42 Å². The fourth-order valence-electron chi connectivity index (χ4n) is 12.4. The van der Waals surface area contributed by atoms with Gasteiger partial charge in [-0.3, -0.25) is 0 Å². The average molecular weight is 894 g/mol. The Labute approximate surface area is 408 Å². The van der Waals surface area contributed by atoms with Crippen molar-refractivity contribution in [3.05, 3.63) is 282 Å². The lowest BCUT2D eigenvalue weighted by Gasteiger charge is -2.35. The van der Waals surface area contributed by atoms with Crippen molar-refractivity contribution in [3.8, 4) is 44.5 Å². The number of nitrogens with zero attached hydrogens (tertiary/aromatic N) is 1. The van der Waals surface area contributed by atoms with E-state index in [1.807, 2.05) is 0 Å². The van der Waals surface area contributed by atoms with Crippen molar-refractivity contribution in [2.24, 2.45) is 0 Å². The molecule has 0 amide bonds. The Kier molecular flexibility index (Phi) is 8.88. The summed E-state index contributed by atoms with van der Waals surface area (Å²) in [5.74, 6) is 0. The molecule has 0 N–H and O–H groups in total. The lowest BCUT2D eigenvalue weighted by Crippen LogP contribution is -2.28. The van der Waals surface area contributed by atoms with Crippen LogP contribution in [0.5, 0.6) is 0 Å². The van der Waals surface area contributed by atoms with Gasteiger partial charge in [0.15, 0.2) is 0 Å². The zero-order chi connectivity index (χ0) is 46.6. The largest absolute Gasteiger partial charge is 0.455 e. The second-order valence-corrected chi connectivity index (χ2v) is 19.5. The molecule has 70 heavy (non-hydrogen) atoms. The van der Waals surface area contributed by atoms with Crippen molar-refractivity contribution in [2.45, 2.75) is 24.7 Å². The van der Waals surface area contributed by atoms with E-state index >= 15 is 0 Å². The zero-order valence-corrected chi connectivity index (χ0v) is 39.0. The Morgan fingerprint density at radius 1 is 0.343 bits per heavy atom. The Bertz CT molecular complexity index is 3980. The minimum atomic E-state index is -0.586. The molecular weight excluding hydrogens is 847 g/mol. The molecule has 0 radical (unpaired) electrons. The standard InChI is InChI=1S/C68H47NO/c1-67(2)59-33-19-17-30-52(59)54-37-35-48(41-61(54)67)69(49-36-38-55-53-31-18-20-34-60(53)68(62(55)42-49,46-25-11-5-12-26-46)47-27-13-6-14-28-47)65-50(44-21-7-3-8-22-44)39-40-63-64(65)58-43-57(45-23-9-4-10-24-45)51-29-15-16-32-56(51)66(58)70-63/h3-43H,1-2H3. The Hall–Kier alpha value is -8.72. The quantitative estimate of drug-likeness (QED) is 0.158. The molecule has 2 heteroatoms. The first-order valence-corrected chi connectivity index (χ1v) is 24.4. The van der Waals surface area contributed by atoms with E-state index in [-0.39, 0.29) is 5.41 Å². The molecule has 1 heterocycles. The summed E-state index contributed by atoms with van der Waals surface area (Å²) in [7, 11) is 0. The number of benzene rings is 11. The van der Waals surface area contributed by atoms with Gasteiger partial charge in [-0.05, 0) is 120 Å². The van der Waals surface area contributed by atoms with Crippen LogP contribution in [0, 0.1) is 0 Å². The maximum atomic E-state index is 7.20. The highest BCUT2D eigenvalue weighted by atomic mass is 16.3. The predicted molar refractivity (Wildman–Crippen MR) is 292 cm³/mol. The first-order valence-electron chi connectivity index (χ1n) is 24.4. The molecular formula is C68H47NO. The molecule has 2 aliphatic rings. The van der Waals surface area contributed by atoms with E-state index in [0.29, 0.717) is 0 Å². The van der Waals surface area contributed by atoms with Crippen LogP contribution < -0.4 is 4.90 Å². The van der Waals surface area contributed by atoms with Crippen LogP contribution in [0.4, 0.5) is 17.1 Å². The molecule has 11 aromatic carbocycles. The van der Waals surface area contributed by atoms with E-state index in [1.165, 1.54) is 72.1 Å². The third-order valence-electron chi connectivity index (χ3n) is 15.5. The van der Waals surface area contributed by atoms with Crippen molar-refractivity contribution >= 4 is 49.8 Å². The molecule has 330 valence electrons. The summed E-state index contributed by atoms with van der Waals surface area (Å²) >= 11 is 0. The number of anilines is 3. The minimum Gasteiger partial charge on any atom is -0.455 e. The lowest BCUT2D eigenvalue weighted by atomic mass is 9.67. The molecule has 0 saturated carbocycles. The molecule has 0 unspecified atom stereocenters. The van der Waals surface area contributed by atoms with E-state index in [1.54, 1.807) is 0 Å². The van der Waals surface area contributed by atoms with Gasteiger partial charge in [-0.15, -0.1) is 0 Å². The molecule has 14 rings (SSSR count). The average Bonchev–Trinajstić information content (AvgIpc) is 4.03. The highest BCUT2D eigenvalue weighted by Crippen LogP contribution is 2.59. The summed E-state index contributed by atoms with van der Waals surface area (Å²) < 4.78 is 7.20. The second kappa shape index (κ2) is 15.4. The van der Waals surface area contributed by atoms with Gasteiger partial charge in [0.25, 0.3) is 0 Å². The predicted octanol–water partition coefficient (Wildman–Crippen LogP) is 18.2. The monoisotopic (exact) mass is 893 g/mol. The molecule has 0 atom stereocenters. The van der Waals surface area contributed by atoms with Crippen molar-refractivity contribution in [3.63, 3.8) is 0 Å². The van der Waals surface area contributed by atoms with Crippen molar-refractivity contribution < 1.29 is 4.42 Å². The van der Waals surface area contributed by atoms with Crippen molar-refractivity contribution in [1.82, 2.24) is 0 Å². The van der Waals surface area contributed by atoms with Crippen LogP contribution in [0.1, 0.15) is 47.2 Å². The van der Waals surface area contributed by atoms with Crippen LogP contribution in [-0.2, 0) is 10.8 Å². The molecule has 1 aromatic heterocycles. The van der Waals surface area contributed by atoms with Crippen LogP contribution in [0.25, 0.3) is 77.2 Å². The minimum absolute atomic E-state index is 0.219. The van der Waals surface area contributed by atoms with E-state index in [2.05, 4.69) is 267 Å². The molecule has 0 spiro atoms. The van der Waals surface area contributed by atoms with Gasteiger partial charge in [0, 0.05) is 33.1 Å². The van der Waals surface area contributed by atoms with Crippen LogP contribution in [-0.4, -0.2) is 0 Å². The Morgan fingerprint density at radius 3 is 1.46 bits per heavy atom. The summed E-state index contributed by atoms with van der Waals surface area (Å²) in [4.78, 5) is 2.56. The zero-order valence-electron chi connectivity index (χ0n) is 39.0. The smallest absolute Gasteiger partial charge is 0.143 e. The van der Waals surface area contributed by atoms with Crippen LogP contribution in [0.15, 0.2) is 253 Å².